The lowest BCUT2D eigenvalue weighted by Crippen LogP contribution is -2.48. The third kappa shape index (κ3) is 4.07. The largest absolute Gasteiger partial charge is 0.378 e. The second kappa shape index (κ2) is 8.35. The smallest absolute Gasteiger partial charge is 0.292 e. The number of nitro groups is 1. The van der Waals surface area contributed by atoms with E-state index in [0.29, 0.717) is 51.5 Å². The molecule has 2 aliphatic rings. The number of nitro benzene ring substituents is 1. The number of benzene rings is 1. The van der Waals surface area contributed by atoms with Gasteiger partial charge in [0.2, 0.25) is 5.91 Å². The number of carbonyl (C=O) groups is 1. The third-order valence-corrected chi connectivity index (χ3v) is 4.97. The van der Waals surface area contributed by atoms with E-state index in [1.165, 1.54) is 0 Å². The second-order valence-corrected chi connectivity index (χ2v) is 6.65. The van der Waals surface area contributed by atoms with Gasteiger partial charge in [-0.05, 0) is 18.6 Å². The first-order chi connectivity index (χ1) is 12.6. The average Bonchev–Trinajstić information content (AvgIpc) is 2.68. The Labute approximate surface area is 153 Å². The Balaban J connectivity index is 1.74. The maximum atomic E-state index is 12.0. The number of morpholine rings is 1. The molecule has 2 saturated heterocycles. The van der Waals surface area contributed by atoms with Crippen LogP contribution in [0, 0.1) is 10.1 Å². The van der Waals surface area contributed by atoms with Gasteiger partial charge in [0, 0.05) is 57.4 Å². The number of hydrogen-bond acceptors (Lipinski definition) is 6. The summed E-state index contributed by atoms with van der Waals surface area (Å²) in [4.78, 5) is 29.3. The predicted molar refractivity (Wildman–Crippen MR) is 99.8 cm³/mol. The molecule has 8 heteroatoms. The quantitative estimate of drug-likeness (QED) is 0.588. The summed E-state index contributed by atoms with van der Waals surface area (Å²) >= 11 is 0. The highest BCUT2D eigenvalue weighted by Crippen LogP contribution is 2.33. The molecule has 0 spiro atoms. The van der Waals surface area contributed by atoms with E-state index in [1.54, 1.807) is 6.07 Å². The van der Waals surface area contributed by atoms with Gasteiger partial charge in [0.1, 0.15) is 5.69 Å². The number of nitrogens with zero attached hydrogens (tertiary/aromatic N) is 4. The normalized spacial score (nSPS) is 18.1. The summed E-state index contributed by atoms with van der Waals surface area (Å²) in [6.45, 7) is 7.38. The first-order valence-electron chi connectivity index (χ1n) is 9.24. The molecule has 0 aromatic heterocycles. The molecule has 1 amide bonds. The van der Waals surface area contributed by atoms with Crippen LogP contribution in [-0.2, 0) is 9.53 Å². The van der Waals surface area contributed by atoms with Crippen LogP contribution in [0.25, 0.3) is 0 Å². The molecule has 26 heavy (non-hydrogen) atoms. The van der Waals surface area contributed by atoms with Crippen LogP contribution in [-0.4, -0.2) is 68.2 Å². The van der Waals surface area contributed by atoms with E-state index in [9.17, 15) is 14.9 Å². The molecule has 2 fully saturated rings. The zero-order valence-corrected chi connectivity index (χ0v) is 15.2. The maximum absolute atomic E-state index is 12.0. The Bertz CT molecular complexity index is 653. The number of hydrogen-bond donors (Lipinski definition) is 0. The van der Waals surface area contributed by atoms with Crippen molar-refractivity contribution in [3.8, 4) is 0 Å². The number of carbonyl (C=O) groups excluding carboxylic acids is 1. The summed E-state index contributed by atoms with van der Waals surface area (Å²) in [5.41, 5.74) is 1.76. The minimum absolute atomic E-state index is 0.132. The zero-order valence-electron chi connectivity index (χ0n) is 15.2. The van der Waals surface area contributed by atoms with Crippen molar-refractivity contribution in [3.63, 3.8) is 0 Å². The highest BCUT2D eigenvalue weighted by Gasteiger charge is 2.25. The fourth-order valence-electron chi connectivity index (χ4n) is 3.51. The average molecular weight is 362 g/mol. The van der Waals surface area contributed by atoms with Crippen molar-refractivity contribution < 1.29 is 14.5 Å². The van der Waals surface area contributed by atoms with E-state index >= 15 is 0 Å². The Morgan fingerprint density at radius 2 is 1.81 bits per heavy atom. The van der Waals surface area contributed by atoms with Gasteiger partial charge >= 0.3 is 0 Å². The van der Waals surface area contributed by atoms with Gasteiger partial charge in [-0.1, -0.05) is 6.92 Å². The molecule has 2 aliphatic heterocycles. The Morgan fingerprint density at radius 3 is 2.42 bits per heavy atom. The molecule has 0 bridgehead atoms. The molecule has 3 rings (SSSR count). The minimum Gasteiger partial charge on any atom is -0.378 e. The van der Waals surface area contributed by atoms with Crippen LogP contribution in [0.1, 0.15) is 19.8 Å². The first-order valence-corrected chi connectivity index (χ1v) is 9.24. The number of rotatable bonds is 5. The minimum atomic E-state index is -0.323. The van der Waals surface area contributed by atoms with Gasteiger partial charge in [0.05, 0.1) is 18.1 Å². The summed E-state index contributed by atoms with van der Waals surface area (Å²) in [6.07, 6.45) is 1.46. The molecule has 0 N–H and O–H groups in total. The summed E-state index contributed by atoms with van der Waals surface area (Å²) in [5, 5.41) is 11.4. The van der Waals surface area contributed by atoms with Crippen LogP contribution >= 0.6 is 0 Å². The van der Waals surface area contributed by atoms with Crippen molar-refractivity contribution in [1.29, 1.82) is 0 Å². The molecule has 1 aromatic carbocycles. The molecule has 8 nitrogen and oxygen atoms in total. The van der Waals surface area contributed by atoms with Crippen molar-refractivity contribution in [2.24, 2.45) is 0 Å². The zero-order chi connectivity index (χ0) is 18.5. The van der Waals surface area contributed by atoms with Gasteiger partial charge in [0.25, 0.3) is 5.69 Å². The van der Waals surface area contributed by atoms with Crippen LogP contribution in [0.2, 0.25) is 0 Å². The van der Waals surface area contributed by atoms with E-state index in [2.05, 4.69) is 4.90 Å². The van der Waals surface area contributed by atoms with Crippen molar-refractivity contribution in [2.75, 3.05) is 62.3 Å². The van der Waals surface area contributed by atoms with Crippen LogP contribution < -0.4 is 9.80 Å². The lowest BCUT2D eigenvalue weighted by Gasteiger charge is -2.37. The Kier molecular flexibility index (Phi) is 5.92. The second-order valence-electron chi connectivity index (χ2n) is 6.65. The highest BCUT2D eigenvalue weighted by atomic mass is 16.6. The van der Waals surface area contributed by atoms with E-state index in [4.69, 9.17) is 4.74 Å². The SMILES string of the molecule is CCCC(=O)N1CCN(c2ccc([N+](=O)[O-])c(N3CCOCC3)c2)CC1. The molecule has 0 saturated carbocycles. The Morgan fingerprint density at radius 1 is 1.12 bits per heavy atom. The Hall–Kier alpha value is -2.35. The number of amides is 1. The number of ether oxygens (including phenoxy) is 1. The molecular formula is C18H26N4O4. The van der Waals surface area contributed by atoms with Crippen molar-refractivity contribution in [2.45, 2.75) is 19.8 Å². The van der Waals surface area contributed by atoms with Gasteiger partial charge < -0.3 is 19.4 Å². The molecular weight excluding hydrogens is 336 g/mol. The third-order valence-electron chi connectivity index (χ3n) is 4.97. The summed E-state index contributed by atoms with van der Waals surface area (Å²) in [6, 6.07) is 5.31. The van der Waals surface area contributed by atoms with Crippen molar-refractivity contribution in [3.05, 3.63) is 28.3 Å². The van der Waals surface area contributed by atoms with Crippen LogP contribution in [0.15, 0.2) is 18.2 Å². The van der Waals surface area contributed by atoms with E-state index in [1.807, 2.05) is 28.9 Å². The molecule has 0 atom stereocenters. The van der Waals surface area contributed by atoms with Gasteiger partial charge in [-0.15, -0.1) is 0 Å². The molecule has 0 aliphatic carbocycles. The van der Waals surface area contributed by atoms with Gasteiger partial charge in [-0.2, -0.15) is 0 Å². The molecule has 0 unspecified atom stereocenters. The van der Waals surface area contributed by atoms with Crippen molar-refractivity contribution in [1.82, 2.24) is 4.90 Å². The molecule has 0 radical (unpaired) electrons. The predicted octanol–water partition coefficient (Wildman–Crippen LogP) is 1.88. The number of anilines is 2. The molecule has 142 valence electrons. The highest BCUT2D eigenvalue weighted by molar-refractivity contribution is 5.76. The molecule has 1 aromatic rings. The monoisotopic (exact) mass is 362 g/mol. The maximum Gasteiger partial charge on any atom is 0.292 e. The summed E-state index contributed by atoms with van der Waals surface area (Å²) in [5.74, 6) is 0.213. The van der Waals surface area contributed by atoms with Gasteiger partial charge in [-0.25, -0.2) is 0 Å². The van der Waals surface area contributed by atoms with Crippen molar-refractivity contribution >= 4 is 23.0 Å². The van der Waals surface area contributed by atoms with E-state index in [0.717, 1.165) is 25.2 Å². The number of piperazine rings is 1. The van der Waals surface area contributed by atoms with Crippen LogP contribution in [0.4, 0.5) is 17.1 Å². The lowest BCUT2D eigenvalue weighted by molar-refractivity contribution is -0.384. The van der Waals surface area contributed by atoms with Crippen LogP contribution in [0.3, 0.4) is 0 Å². The lowest BCUT2D eigenvalue weighted by atomic mass is 10.1. The van der Waals surface area contributed by atoms with E-state index < -0.39 is 0 Å². The van der Waals surface area contributed by atoms with Gasteiger partial charge in [-0.3, -0.25) is 14.9 Å². The van der Waals surface area contributed by atoms with Gasteiger partial charge in [0.15, 0.2) is 0 Å². The first kappa shape index (κ1) is 18.4. The fraction of sp³-hybridized carbons (Fsp3) is 0.611. The van der Waals surface area contributed by atoms with E-state index in [-0.39, 0.29) is 16.5 Å². The standard InChI is InChI=1S/C18H26N4O4/c1-2-3-18(23)21-8-6-19(7-9-21)15-4-5-16(22(24)25)17(14-15)20-10-12-26-13-11-20/h4-5,14H,2-3,6-13H2,1H3. The van der Waals surface area contributed by atoms with Crippen LogP contribution in [0.5, 0.6) is 0 Å². The molecule has 2 heterocycles. The topological polar surface area (TPSA) is 79.2 Å². The summed E-state index contributed by atoms with van der Waals surface area (Å²) in [7, 11) is 0. The fourth-order valence-corrected chi connectivity index (χ4v) is 3.51. The summed E-state index contributed by atoms with van der Waals surface area (Å²) < 4.78 is 5.36.